The van der Waals surface area contributed by atoms with Crippen LogP contribution in [0, 0.1) is 11.3 Å². The quantitative estimate of drug-likeness (QED) is 0.847. The Labute approximate surface area is 107 Å². The van der Waals surface area contributed by atoms with Gasteiger partial charge in [0, 0.05) is 19.8 Å². The molecule has 3 rings (SSSR count). The molecule has 1 spiro atoms. The summed E-state index contributed by atoms with van der Waals surface area (Å²) in [7, 11) is 1.77. The molecule has 98 valence electrons. The summed E-state index contributed by atoms with van der Waals surface area (Å²) in [6, 6.07) is 0. The minimum Gasteiger partial charge on any atom is -0.396 e. The van der Waals surface area contributed by atoms with Gasteiger partial charge >= 0.3 is 0 Å². The zero-order valence-corrected chi connectivity index (χ0v) is 10.8. The number of anilines is 1. The van der Waals surface area contributed by atoms with Crippen molar-refractivity contribution in [3.05, 3.63) is 11.9 Å². The van der Waals surface area contributed by atoms with Gasteiger partial charge in [-0.2, -0.15) is 5.10 Å². The number of amides is 1. The molecule has 0 aromatic carbocycles. The smallest absolute Gasteiger partial charge is 0.273 e. The van der Waals surface area contributed by atoms with E-state index in [0.29, 0.717) is 22.7 Å². The van der Waals surface area contributed by atoms with Crippen LogP contribution in [0.25, 0.3) is 0 Å². The van der Waals surface area contributed by atoms with Crippen molar-refractivity contribution in [3.63, 3.8) is 0 Å². The molecule has 1 unspecified atom stereocenters. The van der Waals surface area contributed by atoms with Crippen LogP contribution < -0.4 is 11.1 Å². The molecule has 2 aliphatic carbocycles. The summed E-state index contributed by atoms with van der Waals surface area (Å²) in [5.74, 6) is 0.523. The lowest BCUT2D eigenvalue weighted by atomic mass is 9.50. The van der Waals surface area contributed by atoms with Crippen molar-refractivity contribution in [1.82, 2.24) is 15.1 Å². The average molecular weight is 248 g/mol. The maximum atomic E-state index is 12.0. The Morgan fingerprint density at radius 2 is 2.39 bits per heavy atom. The lowest BCUT2D eigenvalue weighted by molar-refractivity contribution is -0.0463. The molecular weight excluding hydrogens is 228 g/mol. The van der Waals surface area contributed by atoms with Gasteiger partial charge in [0.2, 0.25) is 0 Å². The summed E-state index contributed by atoms with van der Waals surface area (Å²) >= 11 is 0. The van der Waals surface area contributed by atoms with Crippen LogP contribution in [-0.2, 0) is 7.05 Å². The summed E-state index contributed by atoms with van der Waals surface area (Å²) in [4.78, 5) is 12.0. The fraction of sp³-hybridized carbons (Fsp3) is 0.692. The summed E-state index contributed by atoms with van der Waals surface area (Å²) in [6.45, 7) is 0.773. The number of nitrogens with two attached hydrogens (primary N) is 1. The van der Waals surface area contributed by atoms with Crippen molar-refractivity contribution in [2.75, 3.05) is 12.3 Å². The number of carbonyl (C=O) groups excluding carboxylic acids is 1. The van der Waals surface area contributed by atoms with Gasteiger partial charge in [0.1, 0.15) is 0 Å². The van der Waals surface area contributed by atoms with Crippen molar-refractivity contribution in [3.8, 4) is 0 Å². The molecule has 0 saturated heterocycles. The van der Waals surface area contributed by atoms with Gasteiger partial charge in [-0.15, -0.1) is 0 Å². The minimum absolute atomic E-state index is 0.144. The number of nitrogens with one attached hydrogen (secondary N) is 1. The lowest BCUT2D eigenvalue weighted by Crippen LogP contribution is -2.50. The lowest BCUT2D eigenvalue weighted by Gasteiger charge is -2.56. The Balaban J connectivity index is 1.57. The first-order valence-electron chi connectivity index (χ1n) is 6.68. The highest BCUT2D eigenvalue weighted by molar-refractivity contribution is 5.96. The number of hydrogen-bond donors (Lipinski definition) is 2. The van der Waals surface area contributed by atoms with E-state index >= 15 is 0 Å². The topological polar surface area (TPSA) is 72.9 Å². The highest BCUT2D eigenvalue weighted by Crippen LogP contribution is 2.59. The first kappa shape index (κ1) is 11.6. The average Bonchev–Trinajstić information content (AvgIpc) is 2.54. The molecule has 1 aromatic heterocycles. The Hall–Kier alpha value is -1.52. The number of hydrogen-bond acceptors (Lipinski definition) is 3. The predicted molar refractivity (Wildman–Crippen MR) is 69.0 cm³/mol. The Morgan fingerprint density at radius 1 is 1.61 bits per heavy atom. The van der Waals surface area contributed by atoms with Gasteiger partial charge in [0.25, 0.3) is 5.91 Å². The Morgan fingerprint density at radius 3 is 2.83 bits per heavy atom. The Kier molecular flexibility index (Phi) is 2.57. The second-order valence-electron chi connectivity index (χ2n) is 5.77. The summed E-state index contributed by atoms with van der Waals surface area (Å²) in [5.41, 5.74) is 7.11. The first-order valence-corrected chi connectivity index (χ1v) is 6.68. The standard InChI is InChI=1S/C13H20N4O/c1-17-8-10(14)11(16-17)12(18)15-7-9-3-6-13(9)4-2-5-13/h8-9H,2-7,14H2,1H3,(H,15,18). The van der Waals surface area contributed by atoms with E-state index in [1.165, 1.54) is 32.1 Å². The first-order chi connectivity index (χ1) is 8.61. The highest BCUT2D eigenvalue weighted by atomic mass is 16.2. The third-order valence-corrected chi connectivity index (χ3v) is 4.79. The fourth-order valence-corrected chi connectivity index (χ4v) is 3.35. The molecule has 0 bridgehead atoms. The molecule has 2 saturated carbocycles. The molecule has 1 aromatic rings. The third kappa shape index (κ3) is 1.69. The van der Waals surface area contributed by atoms with Crippen LogP contribution >= 0.6 is 0 Å². The highest BCUT2D eigenvalue weighted by Gasteiger charge is 2.50. The van der Waals surface area contributed by atoms with E-state index in [9.17, 15) is 4.79 Å². The minimum atomic E-state index is -0.144. The Bertz CT molecular complexity index is 470. The molecule has 1 amide bonds. The van der Waals surface area contributed by atoms with Crippen LogP contribution in [0.3, 0.4) is 0 Å². The normalized spacial score (nSPS) is 24.4. The number of rotatable bonds is 3. The van der Waals surface area contributed by atoms with E-state index in [1.807, 2.05) is 0 Å². The molecule has 0 aliphatic heterocycles. The number of nitrogen functional groups attached to an aromatic ring is 1. The molecule has 0 radical (unpaired) electrons. The summed E-state index contributed by atoms with van der Waals surface area (Å²) in [6.07, 6.45) is 8.30. The van der Waals surface area contributed by atoms with Crippen molar-refractivity contribution in [2.45, 2.75) is 32.1 Å². The predicted octanol–water partition coefficient (Wildman–Crippen LogP) is 1.31. The van der Waals surface area contributed by atoms with Gasteiger partial charge in [-0.25, -0.2) is 0 Å². The van der Waals surface area contributed by atoms with Crippen molar-refractivity contribution in [2.24, 2.45) is 18.4 Å². The monoisotopic (exact) mass is 248 g/mol. The van der Waals surface area contributed by atoms with Crippen LogP contribution in [0.1, 0.15) is 42.6 Å². The van der Waals surface area contributed by atoms with E-state index in [0.717, 1.165) is 6.54 Å². The number of nitrogens with zero attached hydrogens (tertiary/aromatic N) is 2. The zero-order valence-electron chi connectivity index (χ0n) is 10.8. The van der Waals surface area contributed by atoms with Crippen molar-refractivity contribution >= 4 is 11.6 Å². The molecule has 1 heterocycles. The number of aryl methyl sites for hydroxylation is 1. The van der Waals surface area contributed by atoms with Gasteiger partial charge in [-0.3, -0.25) is 9.48 Å². The van der Waals surface area contributed by atoms with Gasteiger partial charge in [-0.1, -0.05) is 6.42 Å². The van der Waals surface area contributed by atoms with Crippen molar-refractivity contribution < 1.29 is 4.79 Å². The second kappa shape index (κ2) is 4.00. The molecule has 2 fully saturated rings. The van der Waals surface area contributed by atoms with E-state index < -0.39 is 0 Å². The molecule has 5 heteroatoms. The van der Waals surface area contributed by atoms with Gasteiger partial charge in [0.05, 0.1) is 5.69 Å². The van der Waals surface area contributed by atoms with Gasteiger partial charge in [0.15, 0.2) is 5.69 Å². The fourth-order valence-electron chi connectivity index (χ4n) is 3.35. The van der Waals surface area contributed by atoms with Crippen molar-refractivity contribution in [1.29, 1.82) is 0 Å². The summed E-state index contributed by atoms with van der Waals surface area (Å²) in [5, 5.41) is 7.07. The molecule has 1 atom stereocenters. The van der Waals surface area contributed by atoms with E-state index in [1.54, 1.807) is 17.9 Å². The molecule has 2 aliphatic rings. The van der Waals surface area contributed by atoms with E-state index in [-0.39, 0.29) is 5.91 Å². The van der Waals surface area contributed by atoms with E-state index in [2.05, 4.69) is 10.4 Å². The van der Waals surface area contributed by atoms with Crippen LogP contribution in [0.15, 0.2) is 6.20 Å². The van der Waals surface area contributed by atoms with Gasteiger partial charge in [-0.05, 0) is 37.0 Å². The van der Waals surface area contributed by atoms with Crippen LogP contribution in [0.2, 0.25) is 0 Å². The third-order valence-electron chi connectivity index (χ3n) is 4.79. The maximum absolute atomic E-state index is 12.0. The SMILES string of the molecule is Cn1cc(N)c(C(=O)NCC2CCC23CCC3)n1. The van der Waals surface area contributed by atoms with Crippen LogP contribution in [-0.4, -0.2) is 22.2 Å². The van der Waals surface area contributed by atoms with Gasteiger partial charge < -0.3 is 11.1 Å². The molecular formula is C13H20N4O. The largest absolute Gasteiger partial charge is 0.396 e. The zero-order chi connectivity index (χ0) is 12.8. The number of carbonyl (C=O) groups is 1. The van der Waals surface area contributed by atoms with Crippen LogP contribution in [0.5, 0.6) is 0 Å². The summed E-state index contributed by atoms with van der Waals surface area (Å²) < 4.78 is 1.57. The number of aromatic nitrogens is 2. The molecule has 5 nitrogen and oxygen atoms in total. The van der Waals surface area contributed by atoms with E-state index in [4.69, 9.17) is 5.73 Å². The molecule has 3 N–H and O–H groups in total. The molecule has 18 heavy (non-hydrogen) atoms. The second-order valence-corrected chi connectivity index (χ2v) is 5.77. The maximum Gasteiger partial charge on any atom is 0.273 e. The van der Waals surface area contributed by atoms with Crippen LogP contribution in [0.4, 0.5) is 5.69 Å².